The normalized spacial score (nSPS) is 14.9. The molecule has 33 heavy (non-hydrogen) atoms. The van der Waals surface area contributed by atoms with Crippen LogP contribution >= 0.6 is 0 Å². The third-order valence-corrected chi connectivity index (χ3v) is 4.85. The summed E-state index contributed by atoms with van der Waals surface area (Å²) in [6.45, 7) is 3.15. The molecule has 0 aromatic carbocycles. The van der Waals surface area contributed by atoms with E-state index < -0.39 is 5.60 Å². The highest BCUT2D eigenvalue weighted by Crippen LogP contribution is 2.26. The topological polar surface area (TPSA) is 158 Å². The summed E-state index contributed by atoms with van der Waals surface area (Å²) < 4.78 is 0. The van der Waals surface area contributed by atoms with Crippen LogP contribution in [0.4, 0.5) is 5.82 Å². The molecule has 9 heteroatoms. The summed E-state index contributed by atoms with van der Waals surface area (Å²) in [4.78, 5) is 13.4. The summed E-state index contributed by atoms with van der Waals surface area (Å²) in [5.41, 5.74) is 15.9. The van der Waals surface area contributed by atoms with E-state index in [-0.39, 0.29) is 5.84 Å². The van der Waals surface area contributed by atoms with Crippen molar-refractivity contribution in [3.05, 3.63) is 83.6 Å². The van der Waals surface area contributed by atoms with E-state index in [1.54, 1.807) is 39.2 Å². The van der Waals surface area contributed by atoms with Gasteiger partial charge in [0.15, 0.2) is 5.82 Å². The predicted molar refractivity (Wildman–Crippen MR) is 134 cm³/mol. The van der Waals surface area contributed by atoms with Gasteiger partial charge in [-0.1, -0.05) is 0 Å². The van der Waals surface area contributed by atoms with Crippen LogP contribution in [0.2, 0.25) is 0 Å². The van der Waals surface area contributed by atoms with E-state index in [1.165, 1.54) is 6.08 Å². The van der Waals surface area contributed by atoms with Crippen molar-refractivity contribution in [2.75, 3.05) is 7.05 Å². The Morgan fingerprint density at radius 3 is 2.58 bits per heavy atom. The maximum absolute atomic E-state index is 10.1. The Morgan fingerprint density at radius 1 is 1.21 bits per heavy atom. The van der Waals surface area contributed by atoms with Gasteiger partial charge in [0.25, 0.3) is 0 Å². The first-order valence-corrected chi connectivity index (χ1v) is 10.3. The second-order valence-corrected chi connectivity index (χ2v) is 7.82. The molecule has 2 aromatic heterocycles. The third-order valence-electron chi connectivity index (χ3n) is 4.85. The molecule has 2 aromatic rings. The minimum absolute atomic E-state index is 0.126. The molecule has 8 N–H and O–H groups in total. The van der Waals surface area contributed by atoms with Gasteiger partial charge < -0.3 is 32.6 Å². The van der Waals surface area contributed by atoms with Crippen LogP contribution in [-0.2, 0) is 0 Å². The van der Waals surface area contributed by atoms with Crippen LogP contribution in [0.15, 0.2) is 83.1 Å². The zero-order valence-corrected chi connectivity index (χ0v) is 18.8. The molecule has 0 bridgehead atoms. The van der Waals surface area contributed by atoms with Gasteiger partial charge in [-0.2, -0.15) is 0 Å². The monoisotopic (exact) mass is 444 g/mol. The highest BCUT2D eigenvalue weighted by Gasteiger charge is 2.17. The van der Waals surface area contributed by atoms with Crippen molar-refractivity contribution in [1.29, 1.82) is 5.41 Å². The summed E-state index contributed by atoms with van der Waals surface area (Å²) >= 11 is 0. The molecule has 0 spiro atoms. The first-order valence-electron chi connectivity index (χ1n) is 10.3. The molecule has 0 unspecified atom stereocenters. The lowest BCUT2D eigenvalue weighted by Gasteiger charge is -2.17. The fraction of sp³-hybridized carbons (Fsp3) is 0.167. The Kier molecular flexibility index (Phi) is 7.04. The molecule has 3 heterocycles. The molecule has 1 aliphatic heterocycles. The smallest absolute Gasteiger partial charge is 0.155 e. The minimum Gasteiger partial charge on any atom is -0.398 e. The van der Waals surface area contributed by atoms with Crippen LogP contribution in [0.1, 0.15) is 19.4 Å². The number of allylic oxidation sites excluding steroid dienone is 4. The summed E-state index contributed by atoms with van der Waals surface area (Å²) in [5, 5.41) is 23.6. The number of amidine groups is 1. The van der Waals surface area contributed by atoms with Gasteiger partial charge in [-0.25, -0.2) is 9.98 Å². The van der Waals surface area contributed by atoms with E-state index in [2.05, 4.69) is 25.6 Å². The van der Waals surface area contributed by atoms with E-state index in [9.17, 15) is 5.11 Å². The van der Waals surface area contributed by atoms with Crippen molar-refractivity contribution in [1.82, 2.24) is 20.6 Å². The third kappa shape index (κ3) is 5.72. The summed E-state index contributed by atoms with van der Waals surface area (Å²) in [6.07, 6.45) is 13.5. The number of fused-ring (bicyclic) bond motifs is 1. The highest BCUT2D eigenvalue weighted by molar-refractivity contribution is 5.99. The second-order valence-electron chi connectivity index (χ2n) is 7.82. The average molecular weight is 445 g/mol. The average Bonchev–Trinajstić information content (AvgIpc) is 2.80. The van der Waals surface area contributed by atoms with Crippen LogP contribution in [0.3, 0.4) is 0 Å². The fourth-order valence-electron chi connectivity index (χ4n) is 3.11. The number of nitrogens with one attached hydrogen (secondary N) is 3. The number of aliphatic imine (C=N–C) groups is 1. The molecule has 0 saturated heterocycles. The zero-order valence-electron chi connectivity index (χ0n) is 18.8. The quantitative estimate of drug-likeness (QED) is 0.282. The highest BCUT2D eigenvalue weighted by atomic mass is 16.3. The molecular formula is C24H28N8O. The van der Waals surface area contributed by atoms with Crippen molar-refractivity contribution in [3.8, 4) is 0 Å². The van der Waals surface area contributed by atoms with Gasteiger partial charge >= 0.3 is 0 Å². The molecule has 0 atom stereocenters. The molecular weight excluding hydrogens is 416 g/mol. The predicted octanol–water partition coefficient (Wildman–Crippen LogP) is 2.37. The number of dihydropyridines is 1. The number of nitrogens with two attached hydrogens (primary N) is 2. The van der Waals surface area contributed by atoms with Crippen LogP contribution in [0.5, 0.6) is 0 Å². The number of rotatable bonds is 7. The Morgan fingerprint density at radius 2 is 1.94 bits per heavy atom. The van der Waals surface area contributed by atoms with E-state index in [0.29, 0.717) is 28.1 Å². The number of hydrogen-bond donors (Lipinski definition) is 6. The van der Waals surface area contributed by atoms with Crippen LogP contribution in [0, 0.1) is 5.41 Å². The lowest BCUT2D eigenvalue weighted by molar-refractivity contribution is 0.127. The van der Waals surface area contributed by atoms with Crippen molar-refractivity contribution in [2.45, 2.75) is 19.4 Å². The van der Waals surface area contributed by atoms with E-state index in [1.807, 2.05) is 36.8 Å². The zero-order chi connectivity index (χ0) is 24.0. The first kappa shape index (κ1) is 23.4. The van der Waals surface area contributed by atoms with E-state index in [0.717, 1.165) is 22.9 Å². The SMILES string of the molecule is CN/C=C(\C(N)=C1C=CNC=C1)c1cnc2ccc(N=C(N)C=C(C=N)C(C)(C)O)nc2c1. The van der Waals surface area contributed by atoms with E-state index in [4.69, 9.17) is 16.9 Å². The second kappa shape index (κ2) is 9.92. The molecule has 170 valence electrons. The molecule has 0 fully saturated rings. The summed E-state index contributed by atoms with van der Waals surface area (Å²) in [6, 6.07) is 5.39. The van der Waals surface area contributed by atoms with Crippen molar-refractivity contribution in [2.24, 2.45) is 16.5 Å². The van der Waals surface area contributed by atoms with Crippen molar-refractivity contribution >= 4 is 34.5 Å². The van der Waals surface area contributed by atoms with E-state index >= 15 is 0 Å². The van der Waals surface area contributed by atoms with Gasteiger partial charge in [-0.05, 0) is 50.3 Å². The number of aromatic nitrogens is 2. The molecule has 9 nitrogen and oxygen atoms in total. The number of nitrogens with zero attached hydrogens (tertiary/aromatic N) is 3. The molecule has 0 aliphatic carbocycles. The van der Waals surface area contributed by atoms with Crippen molar-refractivity contribution < 1.29 is 5.11 Å². The van der Waals surface area contributed by atoms with Crippen molar-refractivity contribution in [3.63, 3.8) is 0 Å². The van der Waals surface area contributed by atoms with Gasteiger partial charge in [-0.15, -0.1) is 0 Å². The Bertz CT molecular complexity index is 1230. The largest absolute Gasteiger partial charge is 0.398 e. The first-order chi connectivity index (χ1) is 15.7. The molecule has 0 radical (unpaired) electrons. The molecule has 3 rings (SSSR count). The lowest BCUT2D eigenvalue weighted by atomic mass is 9.99. The number of pyridine rings is 2. The van der Waals surface area contributed by atoms with Gasteiger partial charge in [0, 0.05) is 66.0 Å². The van der Waals surface area contributed by atoms with Crippen LogP contribution in [-0.4, -0.2) is 39.8 Å². The van der Waals surface area contributed by atoms with Crippen LogP contribution in [0.25, 0.3) is 16.6 Å². The summed E-state index contributed by atoms with van der Waals surface area (Å²) in [5.74, 6) is 0.505. The van der Waals surface area contributed by atoms with Gasteiger partial charge in [0.05, 0.1) is 16.6 Å². The summed E-state index contributed by atoms with van der Waals surface area (Å²) in [7, 11) is 1.80. The maximum atomic E-state index is 10.1. The molecule has 1 aliphatic rings. The van der Waals surface area contributed by atoms with Gasteiger partial charge in [0.2, 0.25) is 0 Å². The maximum Gasteiger partial charge on any atom is 0.155 e. The Balaban J connectivity index is 2.02. The van der Waals surface area contributed by atoms with Gasteiger partial charge in [-0.3, -0.25) is 4.98 Å². The lowest BCUT2D eigenvalue weighted by Crippen LogP contribution is -2.25. The molecule has 0 amide bonds. The number of aliphatic hydroxyl groups is 1. The minimum atomic E-state index is -1.21. The number of hydrogen-bond acceptors (Lipinski definition) is 8. The standard InChI is InChI=1S/C24H28N8O/c1-24(2,33)17(12-25)11-21(26)32-22-5-4-19-20(31-22)10-16(13-30-19)18(14-28-3)23(27)15-6-8-29-9-7-15/h4-14,25,28-29,33H,27H2,1-3H3,(H2,26,31,32)/b17-11?,18-14-,25-12?. The fourth-order valence-corrected chi connectivity index (χ4v) is 3.11. The van der Waals surface area contributed by atoms with Gasteiger partial charge in [0.1, 0.15) is 5.84 Å². The Labute approximate surface area is 192 Å². The Hall–Kier alpha value is -4.24. The molecule has 0 saturated carbocycles. The van der Waals surface area contributed by atoms with Crippen LogP contribution < -0.4 is 22.1 Å².